The topological polar surface area (TPSA) is 41.1 Å². The number of carbonyl (C=O) groups excluding carboxylic acids is 1. The molecule has 3 atom stereocenters. The standard InChI is InChI=1S/C14H28N2O/c1-4-15-12(3)10-14(17)16-13-9-7-5-6-8-11(13)2/h11-13,15H,4-10H2,1-3H3,(H,16,17). The molecule has 0 heterocycles. The van der Waals surface area contributed by atoms with Gasteiger partial charge < -0.3 is 10.6 Å². The second-order valence-electron chi connectivity index (χ2n) is 5.45. The molecule has 0 saturated heterocycles. The van der Waals surface area contributed by atoms with Crippen molar-refractivity contribution in [1.82, 2.24) is 10.6 Å². The van der Waals surface area contributed by atoms with Crippen LogP contribution in [-0.4, -0.2) is 24.5 Å². The van der Waals surface area contributed by atoms with E-state index in [2.05, 4.69) is 31.4 Å². The van der Waals surface area contributed by atoms with Crippen molar-refractivity contribution < 1.29 is 4.79 Å². The Kier molecular flexibility index (Phi) is 6.56. The number of hydrogen-bond donors (Lipinski definition) is 2. The van der Waals surface area contributed by atoms with E-state index in [9.17, 15) is 4.79 Å². The van der Waals surface area contributed by atoms with Gasteiger partial charge in [-0.15, -0.1) is 0 Å². The lowest BCUT2D eigenvalue weighted by atomic mass is 9.97. The second kappa shape index (κ2) is 7.70. The lowest BCUT2D eigenvalue weighted by Gasteiger charge is -2.23. The van der Waals surface area contributed by atoms with Crippen LogP contribution < -0.4 is 10.6 Å². The molecule has 1 fully saturated rings. The van der Waals surface area contributed by atoms with Gasteiger partial charge in [0.05, 0.1) is 0 Å². The summed E-state index contributed by atoms with van der Waals surface area (Å²) in [4.78, 5) is 11.9. The van der Waals surface area contributed by atoms with Crippen LogP contribution in [0.5, 0.6) is 0 Å². The van der Waals surface area contributed by atoms with Crippen LogP contribution in [0.2, 0.25) is 0 Å². The minimum Gasteiger partial charge on any atom is -0.353 e. The largest absolute Gasteiger partial charge is 0.353 e. The van der Waals surface area contributed by atoms with Crippen LogP contribution >= 0.6 is 0 Å². The highest BCUT2D eigenvalue weighted by Gasteiger charge is 2.21. The highest BCUT2D eigenvalue weighted by molar-refractivity contribution is 5.76. The van der Waals surface area contributed by atoms with Gasteiger partial charge >= 0.3 is 0 Å². The Bertz CT molecular complexity index is 230. The molecule has 3 nitrogen and oxygen atoms in total. The number of amides is 1. The highest BCUT2D eigenvalue weighted by Crippen LogP contribution is 2.22. The zero-order chi connectivity index (χ0) is 12.7. The number of hydrogen-bond acceptors (Lipinski definition) is 2. The third-order valence-corrected chi connectivity index (χ3v) is 3.75. The van der Waals surface area contributed by atoms with Gasteiger partial charge in [-0.05, 0) is 32.2 Å². The maximum atomic E-state index is 11.9. The highest BCUT2D eigenvalue weighted by atomic mass is 16.1. The average Bonchev–Trinajstić information content (AvgIpc) is 2.44. The van der Waals surface area contributed by atoms with Gasteiger partial charge in [0.15, 0.2) is 0 Å². The summed E-state index contributed by atoms with van der Waals surface area (Å²) in [5, 5.41) is 6.50. The van der Waals surface area contributed by atoms with Gasteiger partial charge in [0.1, 0.15) is 0 Å². The zero-order valence-corrected chi connectivity index (χ0v) is 11.6. The quantitative estimate of drug-likeness (QED) is 0.725. The maximum Gasteiger partial charge on any atom is 0.221 e. The summed E-state index contributed by atoms with van der Waals surface area (Å²) in [5.41, 5.74) is 0. The van der Waals surface area contributed by atoms with Crippen molar-refractivity contribution in [2.24, 2.45) is 5.92 Å². The van der Waals surface area contributed by atoms with Crippen LogP contribution in [0.3, 0.4) is 0 Å². The smallest absolute Gasteiger partial charge is 0.221 e. The van der Waals surface area contributed by atoms with E-state index < -0.39 is 0 Å². The molecule has 0 bridgehead atoms. The van der Waals surface area contributed by atoms with Gasteiger partial charge in [-0.25, -0.2) is 0 Å². The molecule has 0 aromatic heterocycles. The van der Waals surface area contributed by atoms with Crippen molar-refractivity contribution in [2.45, 2.75) is 71.4 Å². The minimum atomic E-state index is 0.206. The summed E-state index contributed by atoms with van der Waals surface area (Å²) in [7, 11) is 0. The van der Waals surface area contributed by atoms with E-state index in [1.807, 2.05) is 0 Å². The molecule has 0 radical (unpaired) electrons. The molecule has 1 rings (SSSR count). The molecule has 100 valence electrons. The number of rotatable bonds is 5. The third-order valence-electron chi connectivity index (χ3n) is 3.75. The van der Waals surface area contributed by atoms with Crippen molar-refractivity contribution in [3.05, 3.63) is 0 Å². The van der Waals surface area contributed by atoms with Gasteiger partial charge in [-0.1, -0.05) is 33.1 Å². The van der Waals surface area contributed by atoms with Crippen molar-refractivity contribution in [3.8, 4) is 0 Å². The van der Waals surface area contributed by atoms with E-state index in [-0.39, 0.29) is 11.9 Å². The Morgan fingerprint density at radius 2 is 2.00 bits per heavy atom. The SMILES string of the molecule is CCNC(C)CC(=O)NC1CCCCCC1C. The van der Waals surface area contributed by atoms with Crippen LogP contribution in [0.25, 0.3) is 0 Å². The monoisotopic (exact) mass is 240 g/mol. The molecule has 1 aliphatic carbocycles. The molecule has 0 aliphatic heterocycles. The summed E-state index contributed by atoms with van der Waals surface area (Å²) in [5.74, 6) is 0.841. The first-order chi connectivity index (χ1) is 8.13. The van der Waals surface area contributed by atoms with Crippen LogP contribution in [0.1, 0.15) is 59.3 Å². The molecule has 3 unspecified atom stereocenters. The lowest BCUT2D eigenvalue weighted by Crippen LogP contribution is -2.41. The van der Waals surface area contributed by atoms with Crippen molar-refractivity contribution in [1.29, 1.82) is 0 Å². The normalized spacial score (nSPS) is 27.2. The molecule has 3 heteroatoms. The zero-order valence-electron chi connectivity index (χ0n) is 11.6. The van der Waals surface area contributed by atoms with Gasteiger partial charge in [-0.2, -0.15) is 0 Å². The van der Waals surface area contributed by atoms with Crippen LogP contribution in [0.4, 0.5) is 0 Å². The average molecular weight is 240 g/mol. The Hall–Kier alpha value is -0.570. The van der Waals surface area contributed by atoms with Crippen LogP contribution in [-0.2, 0) is 4.79 Å². The molecule has 0 aromatic rings. The summed E-state index contributed by atoms with van der Waals surface area (Å²) in [6.45, 7) is 7.33. The predicted molar refractivity (Wildman–Crippen MR) is 71.9 cm³/mol. The maximum absolute atomic E-state index is 11.9. The van der Waals surface area contributed by atoms with Crippen molar-refractivity contribution in [3.63, 3.8) is 0 Å². The van der Waals surface area contributed by atoms with E-state index in [1.165, 1.54) is 25.7 Å². The van der Waals surface area contributed by atoms with E-state index >= 15 is 0 Å². The lowest BCUT2D eigenvalue weighted by molar-refractivity contribution is -0.122. The molecule has 1 saturated carbocycles. The molecular formula is C14H28N2O. The van der Waals surface area contributed by atoms with E-state index in [0.29, 0.717) is 18.4 Å². The molecule has 17 heavy (non-hydrogen) atoms. The first-order valence-electron chi connectivity index (χ1n) is 7.16. The van der Waals surface area contributed by atoms with Gasteiger partial charge in [-0.3, -0.25) is 4.79 Å². The fourth-order valence-corrected chi connectivity index (χ4v) is 2.67. The van der Waals surface area contributed by atoms with Crippen LogP contribution in [0.15, 0.2) is 0 Å². The molecule has 1 amide bonds. The minimum absolute atomic E-state index is 0.206. The summed E-state index contributed by atoms with van der Waals surface area (Å²) in [6.07, 6.45) is 6.91. The predicted octanol–water partition coefficient (Wildman–Crippen LogP) is 2.46. The first-order valence-corrected chi connectivity index (χ1v) is 7.16. The van der Waals surface area contributed by atoms with Crippen molar-refractivity contribution in [2.75, 3.05) is 6.54 Å². The Morgan fingerprint density at radius 3 is 2.71 bits per heavy atom. The molecule has 1 aliphatic rings. The van der Waals surface area contributed by atoms with E-state index in [0.717, 1.165) is 13.0 Å². The molecule has 2 N–H and O–H groups in total. The third kappa shape index (κ3) is 5.53. The fraction of sp³-hybridized carbons (Fsp3) is 0.929. The summed E-state index contributed by atoms with van der Waals surface area (Å²) < 4.78 is 0. The Balaban J connectivity index is 2.33. The summed E-state index contributed by atoms with van der Waals surface area (Å²) >= 11 is 0. The van der Waals surface area contributed by atoms with Gasteiger partial charge in [0, 0.05) is 18.5 Å². The Morgan fingerprint density at radius 1 is 1.29 bits per heavy atom. The van der Waals surface area contributed by atoms with Gasteiger partial charge in [0.2, 0.25) is 5.91 Å². The first kappa shape index (κ1) is 14.5. The van der Waals surface area contributed by atoms with Crippen molar-refractivity contribution >= 4 is 5.91 Å². The molecular weight excluding hydrogens is 212 g/mol. The number of carbonyl (C=O) groups is 1. The second-order valence-corrected chi connectivity index (χ2v) is 5.45. The molecule has 0 spiro atoms. The number of nitrogens with one attached hydrogen (secondary N) is 2. The Labute approximate surface area is 106 Å². The van der Waals surface area contributed by atoms with E-state index in [4.69, 9.17) is 0 Å². The van der Waals surface area contributed by atoms with Crippen LogP contribution in [0, 0.1) is 5.92 Å². The molecule has 0 aromatic carbocycles. The fourth-order valence-electron chi connectivity index (χ4n) is 2.67. The van der Waals surface area contributed by atoms with E-state index in [1.54, 1.807) is 0 Å². The van der Waals surface area contributed by atoms with Gasteiger partial charge in [0.25, 0.3) is 0 Å². The summed E-state index contributed by atoms with van der Waals surface area (Å²) in [6, 6.07) is 0.680.